The summed E-state index contributed by atoms with van der Waals surface area (Å²) in [4.78, 5) is 4.63. The Kier molecular flexibility index (Phi) is 5.05. The van der Waals surface area contributed by atoms with E-state index in [1.54, 1.807) is 7.11 Å². The van der Waals surface area contributed by atoms with Crippen molar-refractivity contribution in [2.24, 2.45) is 4.99 Å². The molecule has 0 spiro atoms. The van der Waals surface area contributed by atoms with Crippen LogP contribution in [-0.4, -0.2) is 25.2 Å². The van der Waals surface area contributed by atoms with Crippen molar-refractivity contribution in [3.8, 4) is 5.75 Å². The SMILES string of the molecule is CCCCC=Cc1cc(C2=NC(C)(C)CO2)ccc1OC. The topological polar surface area (TPSA) is 30.8 Å². The summed E-state index contributed by atoms with van der Waals surface area (Å²) >= 11 is 0. The van der Waals surface area contributed by atoms with Crippen LogP contribution in [0.5, 0.6) is 5.75 Å². The average Bonchev–Trinajstić information content (AvgIpc) is 2.83. The quantitative estimate of drug-likeness (QED) is 0.723. The second-order valence-corrected chi connectivity index (χ2v) is 6.02. The first-order valence-electron chi connectivity index (χ1n) is 7.63. The molecular weight excluding hydrogens is 262 g/mol. The summed E-state index contributed by atoms with van der Waals surface area (Å²) in [6.07, 6.45) is 7.84. The van der Waals surface area contributed by atoms with Gasteiger partial charge in [0.05, 0.1) is 12.6 Å². The lowest BCUT2D eigenvalue weighted by Gasteiger charge is -2.08. The molecule has 1 aliphatic heterocycles. The van der Waals surface area contributed by atoms with Crippen LogP contribution in [0.4, 0.5) is 0 Å². The Morgan fingerprint density at radius 3 is 2.81 bits per heavy atom. The van der Waals surface area contributed by atoms with Gasteiger partial charge in [0.1, 0.15) is 12.4 Å². The number of methoxy groups -OCH3 is 1. The predicted molar refractivity (Wildman–Crippen MR) is 88.1 cm³/mol. The van der Waals surface area contributed by atoms with Gasteiger partial charge in [0, 0.05) is 11.1 Å². The number of benzene rings is 1. The van der Waals surface area contributed by atoms with Crippen molar-refractivity contribution in [3.63, 3.8) is 0 Å². The van der Waals surface area contributed by atoms with Crippen molar-refractivity contribution in [2.45, 2.75) is 45.6 Å². The van der Waals surface area contributed by atoms with E-state index in [4.69, 9.17) is 9.47 Å². The molecule has 0 atom stereocenters. The lowest BCUT2D eigenvalue weighted by molar-refractivity contribution is 0.279. The molecule has 114 valence electrons. The molecule has 0 aliphatic carbocycles. The van der Waals surface area contributed by atoms with Crippen molar-refractivity contribution < 1.29 is 9.47 Å². The number of allylic oxidation sites excluding steroid dienone is 1. The van der Waals surface area contributed by atoms with Gasteiger partial charge in [0.25, 0.3) is 0 Å². The van der Waals surface area contributed by atoms with Crippen LogP contribution in [0, 0.1) is 0 Å². The molecule has 1 aromatic carbocycles. The van der Waals surface area contributed by atoms with Crippen LogP contribution in [0.15, 0.2) is 29.3 Å². The number of nitrogens with zero attached hydrogens (tertiary/aromatic N) is 1. The van der Waals surface area contributed by atoms with E-state index in [-0.39, 0.29) is 5.54 Å². The number of hydrogen-bond acceptors (Lipinski definition) is 3. The molecule has 1 aliphatic rings. The zero-order valence-electron chi connectivity index (χ0n) is 13.5. The Morgan fingerprint density at radius 2 is 2.19 bits per heavy atom. The molecule has 0 saturated carbocycles. The zero-order valence-corrected chi connectivity index (χ0v) is 13.5. The van der Waals surface area contributed by atoms with Crippen molar-refractivity contribution >= 4 is 12.0 Å². The van der Waals surface area contributed by atoms with Gasteiger partial charge in [-0.05, 0) is 38.5 Å². The number of unbranched alkanes of at least 4 members (excludes halogenated alkanes) is 2. The largest absolute Gasteiger partial charge is 0.496 e. The Balaban J connectivity index is 2.23. The minimum atomic E-state index is -0.133. The number of aliphatic imine (C=N–C) groups is 1. The fraction of sp³-hybridized carbons (Fsp3) is 0.500. The summed E-state index contributed by atoms with van der Waals surface area (Å²) in [5.41, 5.74) is 1.95. The highest BCUT2D eigenvalue weighted by molar-refractivity contribution is 5.96. The maximum Gasteiger partial charge on any atom is 0.216 e. The summed E-state index contributed by atoms with van der Waals surface area (Å²) < 4.78 is 11.1. The van der Waals surface area contributed by atoms with Crippen molar-refractivity contribution in [1.82, 2.24) is 0 Å². The molecule has 0 saturated heterocycles. The van der Waals surface area contributed by atoms with Gasteiger partial charge in [-0.15, -0.1) is 0 Å². The molecule has 0 amide bonds. The molecular formula is C18H25NO2. The molecule has 0 bridgehead atoms. The van der Waals surface area contributed by atoms with Crippen molar-refractivity contribution in [1.29, 1.82) is 0 Å². The van der Waals surface area contributed by atoms with Crippen LogP contribution in [0.2, 0.25) is 0 Å². The predicted octanol–water partition coefficient (Wildman–Crippen LogP) is 4.45. The smallest absolute Gasteiger partial charge is 0.216 e. The molecule has 0 unspecified atom stereocenters. The van der Waals surface area contributed by atoms with E-state index in [1.807, 2.05) is 12.1 Å². The maximum atomic E-state index is 5.71. The summed E-state index contributed by atoms with van der Waals surface area (Å²) in [5, 5.41) is 0. The molecule has 0 fully saturated rings. The second-order valence-electron chi connectivity index (χ2n) is 6.02. The van der Waals surface area contributed by atoms with Gasteiger partial charge in [-0.2, -0.15) is 0 Å². The van der Waals surface area contributed by atoms with Crippen LogP contribution >= 0.6 is 0 Å². The molecule has 0 aromatic heterocycles. The lowest BCUT2D eigenvalue weighted by atomic mass is 10.1. The molecule has 3 nitrogen and oxygen atoms in total. The molecule has 0 radical (unpaired) electrons. The van der Waals surface area contributed by atoms with Gasteiger partial charge in [0.15, 0.2) is 0 Å². The third kappa shape index (κ3) is 4.10. The molecule has 2 rings (SSSR count). The highest BCUT2D eigenvalue weighted by atomic mass is 16.5. The first-order chi connectivity index (χ1) is 10.1. The van der Waals surface area contributed by atoms with Crippen LogP contribution in [0.1, 0.15) is 51.2 Å². The molecule has 1 aromatic rings. The lowest BCUT2D eigenvalue weighted by Crippen LogP contribution is -2.17. The third-order valence-corrected chi connectivity index (χ3v) is 3.46. The Hall–Kier alpha value is -1.77. The van der Waals surface area contributed by atoms with E-state index in [2.05, 4.69) is 44.0 Å². The summed E-state index contributed by atoms with van der Waals surface area (Å²) in [6.45, 7) is 6.99. The second kappa shape index (κ2) is 6.79. The van der Waals surface area contributed by atoms with E-state index in [0.717, 1.165) is 29.2 Å². The van der Waals surface area contributed by atoms with Crippen LogP contribution in [-0.2, 0) is 4.74 Å². The molecule has 1 heterocycles. The fourth-order valence-electron chi connectivity index (χ4n) is 2.26. The van der Waals surface area contributed by atoms with Gasteiger partial charge in [-0.1, -0.05) is 31.9 Å². The van der Waals surface area contributed by atoms with E-state index in [9.17, 15) is 0 Å². The van der Waals surface area contributed by atoms with Gasteiger partial charge in [-0.25, -0.2) is 4.99 Å². The van der Waals surface area contributed by atoms with Crippen molar-refractivity contribution in [2.75, 3.05) is 13.7 Å². The number of ether oxygens (including phenoxy) is 2. The Bertz CT molecular complexity index is 544. The van der Waals surface area contributed by atoms with Gasteiger partial charge >= 0.3 is 0 Å². The average molecular weight is 287 g/mol. The summed E-state index contributed by atoms with van der Waals surface area (Å²) in [5.74, 6) is 1.61. The Morgan fingerprint density at radius 1 is 1.38 bits per heavy atom. The molecule has 0 N–H and O–H groups in total. The van der Waals surface area contributed by atoms with Gasteiger partial charge in [0.2, 0.25) is 5.90 Å². The molecule has 3 heteroatoms. The van der Waals surface area contributed by atoms with Crippen LogP contribution in [0.25, 0.3) is 6.08 Å². The van der Waals surface area contributed by atoms with Gasteiger partial charge in [-0.3, -0.25) is 0 Å². The van der Waals surface area contributed by atoms with E-state index in [0.29, 0.717) is 6.61 Å². The number of hydrogen-bond donors (Lipinski definition) is 0. The number of rotatable bonds is 6. The third-order valence-electron chi connectivity index (χ3n) is 3.46. The normalized spacial score (nSPS) is 16.9. The zero-order chi connectivity index (χ0) is 15.3. The fourth-order valence-corrected chi connectivity index (χ4v) is 2.26. The Labute approximate surface area is 127 Å². The van der Waals surface area contributed by atoms with Crippen LogP contribution in [0.3, 0.4) is 0 Å². The summed E-state index contributed by atoms with van der Waals surface area (Å²) in [6, 6.07) is 6.07. The van der Waals surface area contributed by atoms with Crippen molar-refractivity contribution in [3.05, 3.63) is 35.4 Å². The minimum absolute atomic E-state index is 0.133. The first-order valence-corrected chi connectivity index (χ1v) is 7.63. The van der Waals surface area contributed by atoms with E-state index >= 15 is 0 Å². The van der Waals surface area contributed by atoms with E-state index < -0.39 is 0 Å². The standard InChI is InChI=1S/C18H25NO2/c1-5-6-7-8-9-14-12-15(10-11-16(14)20-4)17-19-18(2,3)13-21-17/h8-12H,5-7,13H2,1-4H3. The monoisotopic (exact) mass is 287 g/mol. The van der Waals surface area contributed by atoms with Gasteiger partial charge < -0.3 is 9.47 Å². The maximum absolute atomic E-state index is 5.71. The highest BCUT2D eigenvalue weighted by Gasteiger charge is 2.27. The summed E-state index contributed by atoms with van der Waals surface area (Å²) in [7, 11) is 1.70. The first kappa shape index (κ1) is 15.6. The van der Waals surface area contributed by atoms with Crippen LogP contribution < -0.4 is 4.74 Å². The van der Waals surface area contributed by atoms with E-state index in [1.165, 1.54) is 12.8 Å². The minimum Gasteiger partial charge on any atom is -0.496 e. The highest BCUT2D eigenvalue weighted by Crippen LogP contribution is 2.26. The molecule has 21 heavy (non-hydrogen) atoms.